The minimum atomic E-state index is 0.856. The number of aryl methyl sites for hydroxylation is 1. The van der Waals surface area contributed by atoms with Crippen LogP contribution in [0.1, 0.15) is 31.0 Å². The lowest BCUT2D eigenvalue weighted by Crippen LogP contribution is -2.23. The Balaban J connectivity index is 2.00. The molecule has 1 N–H and O–H groups in total. The van der Waals surface area contributed by atoms with Gasteiger partial charge in [0, 0.05) is 37.6 Å². The molecule has 0 aliphatic heterocycles. The molecule has 0 amide bonds. The van der Waals surface area contributed by atoms with Crippen molar-refractivity contribution in [3.05, 3.63) is 17.5 Å². The molecule has 0 aromatic carbocycles. The average molecular weight is 234 g/mol. The van der Waals surface area contributed by atoms with Crippen molar-refractivity contribution in [1.82, 2.24) is 15.3 Å². The molecule has 4 nitrogen and oxygen atoms in total. The molecule has 0 bridgehead atoms. The molecular weight excluding hydrogens is 212 g/mol. The van der Waals surface area contributed by atoms with Crippen LogP contribution < -0.4 is 10.2 Å². The van der Waals surface area contributed by atoms with E-state index in [0.717, 1.165) is 37.2 Å². The number of hydrogen-bond acceptors (Lipinski definition) is 4. The smallest absolute Gasteiger partial charge is 0.225 e. The number of anilines is 1. The zero-order valence-corrected chi connectivity index (χ0v) is 11.0. The van der Waals surface area contributed by atoms with Crippen molar-refractivity contribution in [3.63, 3.8) is 0 Å². The van der Waals surface area contributed by atoms with Crippen LogP contribution in [0, 0.1) is 12.8 Å². The first-order valence-corrected chi connectivity index (χ1v) is 6.45. The SMILES string of the molecule is CCNCc1cnc(N(C)CC2CC2)nc1C. The molecule has 0 saturated heterocycles. The van der Waals surface area contributed by atoms with Crippen LogP contribution >= 0.6 is 0 Å². The second kappa shape index (κ2) is 5.45. The summed E-state index contributed by atoms with van der Waals surface area (Å²) in [6.07, 6.45) is 4.67. The van der Waals surface area contributed by atoms with Gasteiger partial charge in [-0.2, -0.15) is 0 Å². The number of aromatic nitrogens is 2. The third-order valence-electron chi connectivity index (χ3n) is 3.20. The highest BCUT2D eigenvalue weighted by atomic mass is 15.2. The highest BCUT2D eigenvalue weighted by Gasteiger charge is 2.23. The van der Waals surface area contributed by atoms with E-state index in [4.69, 9.17) is 0 Å². The zero-order chi connectivity index (χ0) is 12.3. The first-order chi connectivity index (χ1) is 8.20. The highest BCUT2D eigenvalue weighted by molar-refractivity contribution is 5.32. The van der Waals surface area contributed by atoms with Crippen molar-refractivity contribution in [2.45, 2.75) is 33.2 Å². The van der Waals surface area contributed by atoms with Gasteiger partial charge in [-0.25, -0.2) is 9.97 Å². The van der Waals surface area contributed by atoms with Gasteiger partial charge in [0.25, 0.3) is 0 Å². The van der Waals surface area contributed by atoms with E-state index in [-0.39, 0.29) is 0 Å². The first kappa shape index (κ1) is 12.3. The van der Waals surface area contributed by atoms with Crippen molar-refractivity contribution in [2.75, 3.05) is 25.0 Å². The standard InChI is InChI=1S/C13H22N4/c1-4-14-7-12-8-15-13(16-10(12)2)17(3)9-11-5-6-11/h8,11,14H,4-7,9H2,1-3H3. The molecule has 2 rings (SSSR count). The van der Waals surface area contributed by atoms with E-state index in [1.54, 1.807) is 0 Å². The van der Waals surface area contributed by atoms with Crippen LogP contribution in [0.25, 0.3) is 0 Å². The largest absolute Gasteiger partial charge is 0.344 e. The summed E-state index contributed by atoms with van der Waals surface area (Å²) >= 11 is 0. The van der Waals surface area contributed by atoms with Crippen LogP contribution in [0.15, 0.2) is 6.20 Å². The molecule has 0 atom stereocenters. The van der Waals surface area contributed by atoms with E-state index < -0.39 is 0 Å². The Labute approximate surface area is 103 Å². The molecule has 1 fully saturated rings. The van der Waals surface area contributed by atoms with Crippen LogP contribution in [0.2, 0.25) is 0 Å². The molecule has 0 radical (unpaired) electrons. The fourth-order valence-corrected chi connectivity index (χ4v) is 1.87. The summed E-state index contributed by atoms with van der Waals surface area (Å²) in [5, 5.41) is 3.30. The summed E-state index contributed by atoms with van der Waals surface area (Å²) < 4.78 is 0. The van der Waals surface area contributed by atoms with Crippen molar-refractivity contribution in [2.24, 2.45) is 5.92 Å². The molecule has 1 saturated carbocycles. The van der Waals surface area contributed by atoms with E-state index in [1.807, 2.05) is 6.20 Å². The number of nitrogens with one attached hydrogen (secondary N) is 1. The predicted molar refractivity (Wildman–Crippen MR) is 70.1 cm³/mol. The number of hydrogen-bond donors (Lipinski definition) is 1. The Hall–Kier alpha value is -1.16. The van der Waals surface area contributed by atoms with Crippen LogP contribution in [-0.4, -0.2) is 30.1 Å². The van der Waals surface area contributed by atoms with Crippen molar-refractivity contribution in [3.8, 4) is 0 Å². The molecule has 1 heterocycles. The van der Waals surface area contributed by atoms with Gasteiger partial charge in [0.1, 0.15) is 0 Å². The predicted octanol–water partition coefficient (Wildman–Crippen LogP) is 1.74. The quantitative estimate of drug-likeness (QED) is 0.814. The minimum Gasteiger partial charge on any atom is -0.344 e. The molecule has 17 heavy (non-hydrogen) atoms. The summed E-state index contributed by atoms with van der Waals surface area (Å²) in [5.41, 5.74) is 2.27. The molecular formula is C13H22N4. The molecule has 1 aromatic rings. The van der Waals surface area contributed by atoms with E-state index in [9.17, 15) is 0 Å². The lowest BCUT2D eigenvalue weighted by molar-refractivity contribution is 0.710. The lowest BCUT2D eigenvalue weighted by atomic mass is 10.2. The maximum atomic E-state index is 4.58. The Morgan fingerprint density at radius 1 is 1.47 bits per heavy atom. The van der Waals surface area contributed by atoms with Gasteiger partial charge in [-0.15, -0.1) is 0 Å². The lowest BCUT2D eigenvalue weighted by Gasteiger charge is -2.17. The fourth-order valence-electron chi connectivity index (χ4n) is 1.87. The topological polar surface area (TPSA) is 41.1 Å². The van der Waals surface area contributed by atoms with Gasteiger partial charge < -0.3 is 10.2 Å². The average Bonchev–Trinajstić information content (AvgIpc) is 3.11. The molecule has 4 heteroatoms. The van der Waals surface area contributed by atoms with Crippen LogP contribution in [-0.2, 0) is 6.54 Å². The Morgan fingerprint density at radius 3 is 2.82 bits per heavy atom. The van der Waals surface area contributed by atoms with Gasteiger partial charge in [-0.05, 0) is 32.2 Å². The Morgan fingerprint density at radius 2 is 2.24 bits per heavy atom. The third kappa shape index (κ3) is 3.40. The van der Waals surface area contributed by atoms with E-state index in [2.05, 4.69) is 41.1 Å². The highest BCUT2D eigenvalue weighted by Crippen LogP contribution is 2.30. The fraction of sp³-hybridized carbons (Fsp3) is 0.692. The third-order valence-corrected chi connectivity index (χ3v) is 3.20. The maximum Gasteiger partial charge on any atom is 0.225 e. The van der Waals surface area contributed by atoms with Crippen molar-refractivity contribution >= 4 is 5.95 Å². The molecule has 1 aliphatic carbocycles. The van der Waals surface area contributed by atoms with Crippen molar-refractivity contribution in [1.29, 1.82) is 0 Å². The van der Waals surface area contributed by atoms with Crippen LogP contribution in [0.3, 0.4) is 0 Å². The number of rotatable bonds is 6. The van der Waals surface area contributed by atoms with Gasteiger partial charge in [-0.1, -0.05) is 6.92 Å². The van der Waals surface area contributed by atoms with E-state index in [0.29, 0.717) is 0 Å². The Bertz CT molecular complexity index is 374. The molecule has 94 valence electrons. The van der Waals surface area contributed by atoms with Crippen LogP contribution in [0.5, 0.6) is 0 Å². The minimum absolute atomic E-state index is 0.856. The van der Waals surface area contributed by atoms with Gasteiger partial charge in [0.05, 0.1) is 0 Å². The summed E-state index contributed by atoms with van der Waals surface area (Å²) in [6.45, 7) is 7.08. The molecule has 1 aromatic heterocycles. The number of nitrogens with zero attached hydrogens (tertiary/aromatic N) is 3. The molecule has 0 unspecified atom stereocenters. The normalized spacial score (nSPS) is 15.0. The maximum absolute atomic E-state index is 4.58. The van der Waals surface area contributed by atoms with Gasteiger partial charge in [-0.3, -0.25) is 0 Å². The van der Waals surface area contributed by atoms with Gasteiger partial charge in [0.15, 0.2) is 0 Å². The van der Waals surface area contributed by atoms with Crippen LogP contribution in [0.4, 0.5) is 5.95 Å². The second-order valence-corrected chi connectivity index (χ2v) is 4.88. The zero-order valence-electron chi connectivity index (χ0n) is 11.0. The van der Waals surface area contributed by atoms with Crippen molar-refractivity contribution < 1.29 is 0 Å². The second-order valence-electron chi connectivity index (χ2n) is 4.88. The molecule has 0 spiro atoms. The van der Waals surface area contributed by atoms with Gasteiger partial charge in [0.2, 0.25) is 5.95 Å². The monoisotopic (exact) mass is 234 g/mol. The van der Waals surface area contributed by atoms with Gasteiger partial charge >= 0.3 is 0 Å². The Kier molecular flexibility index (Phi) is 3.94. The van der Waals surface area contributed by atoms with E-state index >= 15 is 0 Å². The first-order valence-electron chi connectivity index (χ1n) is 6.45. The summed E-state index contributed by atoms with van der Waals surface area (Å²) in [4.78, 5) is 11.2. The van der Waals surface area contributed by atoms with E-state index in [1.165, 1.54) is 18.4 Å². The summed E-state index contributed by atoms with van der Waals surface area (Å²) in [7, 11) is 2.08. The summed E-state index contributed by atoms with van der Waals surface area (Å²) in [5.74, 6) is 1.72. The molecule has 1 aliphatic rings. The summed E-state index contributed by atoms with van der Waals surface area (Å²) in [6, 6.07) is 0.